The Kier molecular flexibility index (Phi) is 7.73. The maximum absolute atomic E-state index is 13.5. The van der Waals surface area contributed by atoms with E-state index in [0.717, 1.165) is 49.6 Å². The minimum atomic E-state index is -0.740. The molecule has 1 aromatic heterocycles. The molecule has 2 amide bonds. The van der Waals surface area contributed by atoms with E-state index in [0.29, 0.717) is 31.7 Å². The Morgan fingerprint density at radius 3 is 2.42 bits per heavy atom. The number of aromatic nitrogens is 2. The van der Waals surface area contributed by atoms with Crippen LogP contribution in [-0.4, -0.2) is 67.7 Å². The van der Waals surface area contributed by atoms with Crippen LogP contribution in [-0.2, 0) is 16.1 Å². The second-order valence-corrected chi connectivity index (χ2v) is 10.9. The van der Waals surface area contributed by atoms with E-state index in [4.69, 9.17) is 5.10 Å². The van der Waals surface area contributed by atoms with Gasteiger partial charge in [0.15, 0.2) is 0 Å². The first kappa shape index (κ1) is 26.2. The first-order chi connectivity index (χ1) is 17.2. The van der Waals surface area contributed by atoms with Gasteiger partial charge in [0.2, 0.25) is 11.8 Å². The molecule has 0 aliphatic carbocycles. The fourth-order valence-corrected chi connectivity index (χ4v) is 5.70. The number of nitrogens with one attached hydrogen (secondary N) is 1. The van der Waals surface area contributed by atoms with Crippen LogP contribution >= 0.6 is 0 Å². The summed E-state index contributed by atoms with van der Waals surface area (Å²) >= 11 is 0. The number of rotatable bonds is 8. The van der Waals surface area contributed by atoms with Crippen LogP contribution in [0.25, 0.3) is 5.69 Å². The van der Waals surface area contributed by atoms with Crippen molar-refractivity contribution in [2.24, 2.45) is 5.92 Å². The van der Waals surface area contributed by atoms with Crippen molar-refractivity contribution in [3.05, 3.63) is 41.2 Å². The summed E-state index contributed by atoms with van der Waals surface area (Å²) in [5.74, 6) is 0.691. The lowest BCUT2D eigenvalue weighted by Gasteiger charge is -2.52. The number of likely N-dealkylation sites (tertiary alicyclic amines) is 1. The van der Waals surface area contributed by atoms with Gasteiger partial charge in [0.05, 0.1) is 11.4 Å². The number of benzene rings is 1. The van der Waals surface area contributed by atoms with E-state index in [9.17, 15) is 14.7 Å². The molecular weight excluding hydrogens is 454 g/mol. The number of carbonyl (C=O) groups excluding carboxylic acids is 2. The molecule has 2 fully saturated rings. The van der Waals surface area contributed by atoms with Crippen LogP contribution in [0, 0.1) is 19.8 Å². The lowest BCUT2D eigenvalue weighted by molar-refractivity contribution is -0.161. The number of carbonyl (C=O) groups is 2. The van der Waals surface area contributed by atoms with Crippen molar-refractivity contribution in [2.45, 2.75) is 84.8 Å². The molecule has 4 rings (SSSR count). The average Bonchev–Trinajstić information content (AvgIpc) is 3.12. The third-order valence-electron chi connectivity index (χ3n) is 7.85. The molecule has 1 spiro atoms. The number of phenolic OH excluding ortho intramolecular Hbond substituents is 1. The molecular formula is C28H41N5O3. The number of aryl methyl sites for hydroxylation is 1. The van der Waals surface area contributed by atoms with Gasteiger partial charge in [-0.2, -0.15) is 5.10 Å². The molecule has 196 valence electrons. The first-order valence-electron chi connectivity index (χ1n) is 13.4. The van der Waals surface area contributed by atoms with E-state index in [1.807, 2.05) is 28.6 Å². The maximum Gasteiger partial charge on any atom is 0.246 e. The Hall–Kier alpha value is -2.87. The Bertz CT molecular complexity index is 1080. The fourth-order valence-electron chi connectivity index (χ4n) is 5.70. The average molecular weight is 496 g/mol. The van der Waals surface area contributed by atoms with Crippen molar-refractivity contribution in [1.29, 1.82) is 0 Å². The van der Waals surface area contributed by atoms with Crippen molar-refractivity contribution >= 4 is 11.8 Å². The highest BCUT2D eigenvalue weighted by Gasteiger charge is 2.53. The predicted molar refractivity (Wildman–Crippen MR) is 140 cm³/mol. The van der Waals surface area contributed by atoms with Crippen LogP contribution in [0.15, 0.2) is 24.3 Å². The van der Waals surface area contributed by atoms with E-state index >= 15 is 0 Å². The van der Waals surface area contributed by atoms with Crippen molar-refractivity contribution in [1.82, 2.24) is 24.9 Å². The molecule has 2 N–H and O–H groups in total. The van der Waals surface area contributed by atoms with Gasteiger partial charge >= 0.3 is 0 Å². The van der Waals surface area contributed by atoms with Gasteiger partial charge in [0.1, 0.15) is 17.3 Å². The summed E-state index contributed by atoms with van der Waals surface area (Å²) in [7, 11) is 0. The zero-order valence-corrected chi connectivity index (χ0v) is 22.4. The van der Waals surface area contributed by atoms with Crippen molar-refractivity contribution < 1.29 is 14.7 Å². The third-order valence-corrected chi connectivity index (χ3v) is 7.85. The number of unbranched alkanes of at least 4 members (excludes halogenated alkanes) is 1. The van der Waals surface area contributed by atoms with E-state index in [1.165, 1.54) is 5.56 Å². The summed E-state index contributed by atoms with van der Waals surface area (Å²) in [4.78, 5) is 31.3. The molecule has 0 saturated carbocycles. The molecule has 1 atom stereocenters. The monoisotopic (exact) mass is 495 g/mol. The van der Waals surface area contributed by atoms with Gasteiger partial charge in [-0.1, -0.05) is 27.2 Å². The van der Waals surface area contributed by atoms with Crippen molar-refractivity contribution in [2.75, 3.05) is 19.6 Å². The van der Waals surface area contributed by atoms with Gasteiger partial charge in [-0.15, -0.1) is 0 Å². The third kappa shape index (κ3) is 5.01. The Balaban J connectivity index is 1.49. The molecule has 2 aliphatic heterocycles. The first-order valence-corrected chi connectivity index (χ1v) is 13.4. The highest BCUT2D eigenvalue weighted by molar-refractivity contribution is 6.00. The van der Waals surface area contributed by atoms with Crippen molar-refractivity contribution in [3.63, 3.8) is 0 Å². The molecule has 0 unspecified atom stereocenters. The van der Waals surface area contributed by atoms with Gasteiger partial charge in [-0.3, -0.25) is 14.5 Å². The van der Waals surface area contributed by atoms with Crippen LogP contribution in [0.4, 0.5) is 0 Å². The van der Waals surface area contributed by atoms with E-state index in [1.54, 1.807) is 12.1 Å². The molecule has 2 aromatic rings. The number of piperidine rings is 1. The van der Waals surface area contributed by atoms with Gasteiger partial charge in [-0.05, 0) is 69.7 Å². The summed E-state index contributed by atoms with van der Waals surface area (Å²) < 4.78 is 1.92. The SMILES string of the molecule is CCCCN1C(=O)[C@H](CC(C)C)NC(=O)C12CCN(Cc1c(C)nn(-c3ccc(O)cc3)c1C)CC2. The van der Waals surface area contributed by atoms with Gasteiger partial charge in [-0.25, -0.2) is 4.68 Å². The van der Waals surface area contributed by atoms with Crippen LogP contribution < -0.4 is 5.32 Å². The Labute approximate surface area is 214 Å². The Morgan fingerprint density at radius 1 is 1.14 bits per heavy atom. The second-order valence-electron chi connectivity index (χ2n) is 10.9. The van der Waals surface area contributed by atoms with Crippen molar-refractivity contribution in [3.8, 4) is 11.4 Å². The standard InChI is InChI=1S/C28H41N5O3/c1-6-7-14-32-26(35)25(17-19(2)3)29-27(36)28(32)12-15-31(16-13-28)18-24-20(4)30-33(21(24)5)22-8-10-23(34)11-9-22/h8-11,19,25,34H,6-7,12-18H2,1-5H3,(H,29,36)/t25-/m0/s1. The number of piperazine rings is 1. The normalized spacial score (nSPS) is 20.4. The van der Waals surface area contributed by atoms with Crippen LogP contribution in [0.1, 0.15) is 69.8 Å². The lowest BCUT2D eigenvalue weighted by Crippen LogP contribution is -2.73. The van der Waals surface area contributed by atoms with Crippen LogP contribution in [0.3, 0.4) is 0 Å². The number of nitrogens with zero attached hydrogens (tertiary/aromatic N) is 4. The number of amides is 2. The highest BCUT2D eigenvalue weighted by Crippen LogP contribution is 2.35. The predicted octanol–water partition coefficient (Wildman–Crippen LogP) is 3.70. The van der Waals surface area contributed by atoms with Crippen LogP contribution in [0.5, 0.6) is 5.75 Å². The summed E-state index contributed by atoms with van der Waals surface area (Å²) in [6, 6.07) is 6.65. The molecule has 2 saturated heterocycles. The minimum Gasteiger partial charge on any atom is -0.508 e. The van der Waals surface area contributed by atoms with E-state index < -0.39 is 11.6 Å². The minimum absolute atomic E-state index is 0.0241. The maximum atomic E-state index is 13.5. The van der Waals surface area contributed by atoms with E-state index in [-0.39, 0.29) is 17.6 Å². The van der Waals surface area contributed by atoms with Gasteiger partial charge in [0, 0.05) is 37.4 Å². The second kappa shape index (κ2) is 10.6. The molecule has 1 aromatic carbocycles. The summed E-state index contributed by atoms with van der Waals surface area (Å²) in [6.45, 7) is 13.3. The smallest absolute Gasteiger partial charge is 0.246 e. The quantitative estimate of drug-likeness (QED) is 0.583. The van der Waals surface area contributed by atoms with Gasteiger partial charge < -0.3 is 15.3 Å². The molecule has 36 heavy (non-hydrogen) atoms. The summed E-state index contributed by atoms with van der Waals surface area (Å²) in [5.41, 5.74) is 3.41. The zero-order valence-electron chi connectivity index (χ0n) is 22.4. The topological polar surface area (TPSA) is 90.7 Å². The largest absolute Gasteiger partial charge is 0.508 e. The molecule has 0 bridgehead atoms. The number of hydrogen-bond acceptors (Lipinski definition) is 5. The highest BCUT2D eigenvalue weighted by atomic mass is 16.3. The molecule has 8 heteroatoms. The summed E-state index contributed by atoms with van der Waals surface area (Å²) in [5, 5.41) is 17.5. The molecule has 2 aliphatic rings. The zero-order chi connectivity index (χ0) is 26.0. The van der Waals surface area contributed by atoms with Gasteiger partial charge in [0.25, 0.3) is 0 Å². The Morgan fingerprint density at radius 2 is 1.81 bits per heavy atom. The van der Waals surface area contributed by atoms with E-state index in [2.05, 4.69) is 37.9 Å². The molecule has 8 nitrogen and oxygen atoms in total. The number of phenols is 1. The molecule has 0 radical (unpaired) electrons. The number of hydrogen-bond donors (Lipinski definition) is 2. The summed E-state index contributed by atoms with van der Waals surface area (Å²) in [6.07, 6.45) is 3.87. The van der Waals surface area contributed by atoms with Crippen LogP contribution in [0.2, 0.25) is 0 Å². The number of aromatic hydroxyl groups is 1. The fraction of sp³-hybridized carbons (Fsp3) is 0.607. The molecule has 3 heterocycles. The lowest BCUT2D eigenvalue weighted by atomic mass is 9.80.